The third-order valence-electron chi connectivity index (χ3n) is 3.48. The van der Waals surface area contributed by atoms with Crippen LogP contribution in [0.3, 0.4) is 0 Å². The van der Waals surface area contributed by atoms with Gasteiger partial charge in [-0.05, 0) is 64.6 Å². The summed E-state index contributed by atoms with van der Waals surface area (Å²) in [4.78, 5) is 0. The predicted molar refractivity (Wildman–Crippen MR) is 89.4 cm³/mol. The van der Waals surface area contributed by atoms with Crippen molar-refractivity contribution >= 4 is 43.0 Å². The van der Waals surface area contributed by atoms with Crippen molar-refractivity contribution in [2.45, 2.75) is 24.1 Å². The summed E-state index contributed by atoms with van der Waals surface area (Å²) in [7, 11) is -3.53. The average molecular weight is 387 g/mol. The maximum absolute atomic E-state index is 12.5. The Kier molecular flexibility index (Phi) is 4.09. The van der Waals surface area contributed by atoms with Crippen molar-refractivity contribution < 1.29 is 8.42 Å². The van der Waals surface area contributed by atoms with Crippen LogP contribution in [0.5, 0.6) is 0 Å². The molecular weight excluding hydrogens is 372 g/mol. The lowest BCUT2D eigenvalue weighted by molar-refractivity contribution is 0.602. The van der Waals surface area contributed by atoms with Gasteiger partial charge in [-0.2, -0.15) is 0 Å². The molecule has 0 atom stereocenters. The van der Waals surface area contributed by atoms with Crippen LogP contribution < -0.4 is 10.0 Å². The van der Waals surface area contributed by atoms with Gasteiger partial charge in [-0.1, -0.05) is 12.1 Å². The Morgan fingerprint density at radius 3 is 2.90 bits per heavy atom. The summed E-state index contributed by atoms with van der Waals surface area (Å²) < 4.78 is 28.9. The van der Waals surface area contributed by atoms with E-state index >= 15 is 0 Å². The van der Waals surface area contributed by atoms with Gasteiger partial charge in [0.05, 0.1) is 9.47 Å². The van der Waals surface area contributed by atoms with Crippen molar-refractivity contribution in [1.82, 2.24) is 5.32 Å². The number of sulfonamides is 1. The minimum Gasteiger partial charge on any atom is -0.312 e. The minimum absolute atomic E-state index is 0.332. The van der Waals surface area contributed by atoms with E-state index in [2.05, 4.69) is 26.0 Å². The monoisotopic (exact) mass is 386 g/mol. The molecule has 0 aliphatic carbocycles. The number of rotatable bonds is 3. The third kappa shape index (κ3) is 3.01. The van der Waals surface area contributed by atoms with Crippen molar-refractivity contribution in [3.8, 4) is 0 Å². The molecule has 4 nitrogen and oxygen atoms in total. The van der Waals surface area contributed by atoms with Gasteiger partial charge in [0, 0.05) is 6.54 Å². The Labute approximate surface area is 136 Å². The second-order valence-electron chi connectivity index (χ2n) is 5.00. The molecule has 1 aromatic carbocycles. The van der Waals surface area contributed by atoms with Gasteiger partial charge in [0.15, 0.2) is 0 Å². The molecule has 1 aliphatic heterocycles. The average Bonchev–Trinajstić information content (AvgIpc) is 2.80. The number of benzene rings is 1. The topological polar surface area (TPSA) is 58.2 Å². The zero-order valence-electron chi connectivity index (χ0n) is 11.4. The summed E-state index contributed by atoms with van der Waals surface area (Å²) in [5.74, 6) is 0. The summed E-state index contributed by atoms with van der Waals surface area (Å²) in [6, 6.07) is 7.44. The van der Waals surface area contributed by atoms with Gasteiger partial charge >= 0.3 is 0 Å². The molecule has 0 unspecified atom stereocenters. The van der Waals surface area contributed by atoms with E-state index in [9.17, 15) is 8.42 Å². The maximum Gasteiger partial charge on any atom is 0.271 e. The largest absolute Gasteiger partial charge is 0.312 e. The smallest absolute Gasteiger partial charge is 0.271 e. The van der Waals surface area contributed by atoms with E-state index in [1.54, 1.807) is 6.07 Å². The summed E-state index contributed by atoms with van der Waals surface area (Å²) in [5.41, 5.74) is 3.87. The molecule has 2 heterocycles. The molecule has 1 aliphatic rings. The molecule has 0 radical (unpaired) electrons. The molecule has 0 saturated carbocycles. The highest BCUT2D eigenvalue weighted by Crippen LogP contribution is 2.32. The summed E-state index contributed by atoms with van der Waals surface area (Å²) in [6.07, 6.45) is 0.835. The van der Waals surface area contributed by atoms with Crippen molar-refractivity contribution in [3.63, 3.8) is 0 Å². The van der Waals surface area contributed by atoms with Gasteiger partial charge < -0.3 is 5.32 Å². The Balaban J connectivity index is 1.96. The zero-order valence-corrected chi connectivity index (χ0v) is 14.7. The minimum atomic E-state index is -3.53. The van der Waals surface area contributed by atoms with E-state index in [-0.39, 0.29) is 0 Å². The summed E-state index contributed by atoms with van der Waals surface area (Å²) >= 11 is 4.60. The number of aryl methyl sites for hydroxylation is 1. The van der Waals surface area contributed by atoms with Crippen molar-refractivity contribution in [3.05, 3.63) is 44.7 Å². The van der Waals surface area contributed by atoms with Gasteiger partial charge in [-0.3, -0.25) is 4.72 Å². The highest BCUT2D eigenvalue weighted by molar-refractivity contribution is 9.11. The van der Waals surface area contributed by atoms with Crippen LogP contribution in [0.4, 0.5) is 5.69 Å². The fraction of sp³-hybridized carbons (Fsp3) is 0.286. The lowest BCUT2D eigenvalue weighted by Crippen LogP contribution is -2.25. The lowest BCUT2D eigenvalue weighted by Gasteiger charge is -2.20. The molecule has 0 spiro atoms. The van der Waals surface area contributed by atoms with Crippen LogP contribution >= 0.6 is 27.3 Å². The number of fused-ring (bicyclic) bond motifs is 1. The van der Waals surface area contributed by atoms with E-state index in [1.807, 2.05) is 25.1 Å². The number of hydrogen-bond acceptors (Lipinski definition) is 4. The maximum atomic E-state index is 12.5. The first-order chi connectivity index (χ1) is 9.97. The number of halogens is 1. The standard InChI is InChI=1S/C14H15BrN2O2S2/c1-9-7-13(20-14(9)15)21(18,19)17-12-4-2-3-10-8-16-6-5-11(10)12/h2-4,7,16-17H,5-6,8H2,1H3. The van der Waals surface area contributed by atoms with E-state index in [1.165, 1.54) is 11.3 Å². The normalized spacial score (nSPS) is 14.8. The molecule has 0 amide bonds. The first kappa shape index (κ1) is 15.0. The molecule has 0 fully saturated rings. The quantitative estimate of drug-likeness (QED) is 0.850. The molecule has 3 rings (SSSR count). The van der Waals surface area contributed by atoms with E-state index in [4.69, 9.17) is 0 Å². The van der Waals surface area contributed by atoms with Crippen LogP contribution in [0.1, 0.15) is 16.7 Å². The highest BCUT2D eigenvalue weighted by Gasteiger charge is 2.21. The van der Waals surface area contributed by atoms with E-state index in [0.29, 0.717) is 9.90 Å². The SMILES string of the molecule is Cc1cc(S(=O)(=O)Nc2cccc3c2CCNC3)sc1Br. The van der Waals surface area contributed by atoms with E-state index < -0.39 is 10.0 Å². The van der Waals surface area contributed by atoms with Gasteiger partial charge in [0.25, 0.3) is 10.0 Å². The lowest BCUT2D eigenvalue weighted by atomic mass is 9.99. The Bertz CT molecular complexity index is 765. The number of nitrogens with one attached hydrogen (secondary N) is 2. The molecule has 2 N–H and O–H groups in total. The molecule has 112 valence electrons. The fourth-order valence-corrected chi connectivity index (χ4v) is 5.71. The molecule has 0 bridgehead atoms. The first-order valence-corrected chi connectivity index (χ1v) is 9.67. The molecule has 7 heteroatoms. The Hall–Kier alpha value is -0.890. The van der Waals surface area contributed by atoms with Crippen LogP contribution in [0.15, 0.2) is 32.3 Å². The molecule has 21 heavy (non-hydrogen) atoms. The summed E-state index contributed by atoms with van der Waals surface area (Å²) in [5, 5.41) is 3.29. The van der Waals surface area contributed by atoms with Gasteiger partial charge in [0.1, 0.15) is 4.21 Å². The first-order valence-electron chi connectivity index (χ1n) is 6.57. The molecule has 2 aromatic rings. The molecule has 0 saturated heterocycles. The van der Waals surface area contributed by atoms with Gasteiger partial charge in [0.2, 0.25) is 0 Å². The number of anilines is 1. The number of hydrogen-bond donors (Lipinski definition) is 2. The second kappa shape index (κ2) is 5.72. The van der Waals surface area contributed by atoms with Crippen molar-refractivity contribution in [2.75, 3.05) is 11.3 Å². The molecular formula is C14H15BrN2O2S2. The Morgan fingerprint density at radius 1 is 1.38 bits per heavy atom. The molecule has 1 aromatic heterocycles. The van der Waals surface area contributed by atoms with Gasteiger partial charge in [-0.15, -0.1) is 11.3 Å². The predicted octanol–water partition coefficient (Wildman–Crippen LogP) is 3.27. The highest BCUT2D eigenvalue weighted by atomic mass is 79.9. The van der Waals surface area contributed by atoms with Crippen molar-refractivity contribution in [1.29, 1.82) is 0 Å². The second-order valence-corrected chi connectivity index (χ2v) is 9.28. The fourth-order valence-electron chi connectivity index (χ4n) is 2.39. The third-order valence-corrected chi connectivity index (χ3v) is 7.46. The zero-order chi connectivity index (χ0) is 15.0. The van der Waals surface area contributed by atoms with Crippen LogP contribution in [-0.4, -0.2) is 15.0 Å². The van der Waals surface area contributed by atoms with E-state index in [0.717, 1.165) is 40.0 Å². The Morgan fingerprint density at radius 2 is 2.19 bits per heavy atom. The summed E-state index contributed by atoms with van der Waals surface area (Å²) in [6.45, 7) is 3.54. The van der Waals surface area contributed by atoms with Crippen LogP contribution in [0.25, 0.3) is 0 Å². The van der Waals surface area contributed by atoms with Crippen LogP contribution in [-0.2, 0) is 23.0 Å². The van der Waals surface area contributed by atoms with Crippen LogP contribution in [0.2, 0.25) is 0 Å². The number of thiophene rings is 1. The van der Waals surface area contributed by atoms with Crippen LogP contribution in [0, 0.1) is 6.92 Å². The van der Waals surface area contributed by atoms with Gasteiger partial charge in [-0.25, -0.2) is 8.42 Å². The van der Waals surface area contributed by atoms with Crippen molar-refractivity contribution in [2.24, 2.45) is 0 Å².